The molecule has 0 bridgehead atoms. The van der Waals surface area contributed by atoms with E-state index in [0.717, 1.165) is 27.1 Å². The number of hydrogen-bond acceptors (Lipinski definition) is 2. The van der Waals surface area contributed by atoms with Crippen molar-refractivity contribution in [2.45, 2.75) is 72.9 Å². The molecule has 0 saturated carbocycles. The second-order valence-corrected chi connectivity index (χ2v) is 11.2. The Morgan fingerprint density at radius 1 is 0.781 bits per heavy atom. The van der Waals surface area contributed by atoms with Crippen molar-refractivity contribution < 1.29 is 9.52 Å². The van der Waals surface area contributed by atoms with Crippen LogP contribution in [0.25, 0.3) is 0 Å². The van der Waals surface area contributed by atoms with Gasteiger partial charge in [-0.1, -0.05) is 43.9 Å². The van der Waals surface area contributed by atoms with Gasteiger partial charge in [0.05, 0.1) is 0 Å². The predicted octanol–water partition coefficient (Wildman–Crippen LogP) is 7.64. The van der Waals surface area contributed by atoms with Gasteiger partial charge in [-0.05, 0) is 12.1 Å². The molecule has 0 amide bonds. The third-order valence-electron chi connectivity index (χ3n) is 6.07. The highest BCUT2D eigenvalue weighted by Crippen LogP contribution is 2.51. The summed E-state index contributed by atoms with van der Waals surface area (Å²) in [6.07, 6.45) is 5.17. The summed E-state index contributed by atoms with van der Waals surface area (Å²) in [4.78, 5) is 25.6. The molecule has 0 heterocycles. The van der Waals surface area contributed by atoms with Crippen LogP contribution in [0.3, 0.4) is 0 Å². The third kappa shape index (κ3) is 4.64. The van der Waals surface area contributed by atoms with Crippen molar-refractivity contribution >= 4 is 11.4 Å². The maximum absolute atomic E-state index is 12.8. The fourth-order valence-corrected chi connectivity index (χ4v) is 4.25. The minimum atomic E-state index is -0.504. The standard InChI is InChI=1S/C28H36N2O2/c1-26(2,3)29(31)22-14-9-12-20(18-22)24-16-11-17-25(28(24,7)8)21-13-10-15-23(19-21)30(32)27(4,5)6/h9-16,18-19H,17H2,1-8H3. The molecule has 0 radical (unpaired) electrons. The maximum Gasteiger partial charge on any atom is 0.217 e. The first kappa shape index (κ1) is 23.8. The van der Waals surface area contributed by atoms with E-state index in [2.05, 4.69) is 38.1 Å². The summed E-state index contributed by atoms with van der Waals surface area (Å²) in [5.41, 5.74) is 2.20. The first-order valence-electron chi connectivity index (χ1n) is 11.3. The number of benzene rings is 2. The van der Waals surface area contributed by atoms with E-state index in [-0.39, 0.29) is 5.41 Å². The molecule has 0 atom stereocenters. The second-order valence-electron chi connectivity index (χ2n) is 11.2. The lowest BCUT2D eigenvalue weighted by atomic mass is 9.61. The Hall–Kier alpha value is -2.88. The number of nitroso groups, excluding NO2 is 2. The monoisotopic (exact) mass is 432 g/mol. The Balaban J connectivity index is 1.98. The van der Waals surface area contributed by atoms with E-state index < -0.39 is 11.1 Å². The van der Waals surface area contributed by atoms with Gasteiger partial charge in [-0.3, -0.25) is 0 Å². The molecule has 2 aromatic carbocycles. The first-order valence-corrected chi connectivity index (χ1v) is 11.3. The van der Waals surface area contributed by atoms with E-state index in [9.17, 15) is 9.81 Å². The summed E-state index contributed by atoms with van der Waals surface area (Å²) in [6, 6.07) is 15.8. The molecule has 1 aliphatic rings. The summed E-state index contributed by atoms with van der Waals surface area (Å²) < 4.78 is 2.15. The zero-order valence-corrected chi connectivity index (χ0v) is 20.7. The average Bonchev–Trinajstić information content (AvgIpc) is 2.71. The van der Waals surface area contributed by atoms with Crippen LogP contribution < -0.4 is 0 Å². The molecule has 0 saturated heterocycles. The van der Waals surface area contributed by atoms with Gasteiger partial charge in [-0.25, -0.2) is 0 Å². The van der Waals surface area contributed by atoms with E-state index in [4.69, 9.17) is 0 Å². The van der Waals surface area contributed by atoms with Gasteiger partial charge >= 0.3 is 0 Å². The van der Waals surface area contributed by atoms with Crippen LogP contribution in [0.4, 0.5) is 11.4 Å². The Bertz CT molecular complexity index is 1050. The minimum absolute atomic E-state index is 0.253. The van der Waals surface area contributed by atoms with E-state index in [1.54, 1.807) is 0 Å². The minimum Gasteiger partial charge on any atom is -0.183 e. The lowest BCUT2D eigenvalue weighted by Crippen LogP contribution is -2.33. The molecule has 0 aliphatic heterocycles. The number of allylic oxidation sites excluding steroid dienone is 2. The van der Waals surface area contributed by atoms with Gasteiger partial charge < -0.3 is 0 Å². The van der Waals surface area contributed by atoms with Crippen molar-refractivity contribution in [1.29, 1.82) is 0 Å². The fraction of sp³-hybridized carbons (Fsp3) is 0.429. The first-order chi connectivity index (χ1) is 14.7. The van der Waals surface area contributed by atoms with Gasteiger partial charge in [-0.2, -0.15) is 23.6 Å². The Morgan fingerprint density at radius 3 is 1.75 bits per heavy atom. The molecule has 2 aromatic rings. The molecule has 0 N–H and O–H groups in total. The van der Waals surface area contributed by atoms with Gasteiger partial charge in [0.1, 0.15) is 0 Å². The molecular weight excluding hydrogens is 396 g/mol. The molecule has 0 fully saturated rings. The van der Waals surface area contributed by atoms with Crippen LogP contribution in [0, 0.1) is 27.1 Å². The largest absolute Gasteiger partial charge is 0.217 e. The molecule has 170 valence electrons. The Kier molecular flexibility index (Phi) is 6.12. The zero-order valence-electron chi connectivity index (χ0n) is 20.7. The van der Waals surface area contributed by atoms with Crippen molar-refractivity contribution in [3.63, 3.8) is 0 Å². The van der Waals surface area contributed by atoms with E-state index in [1.807, 2.05) is 77.9 Å². The van der Waals surface area contributed by atoms with E-state index >= 15 is 0 Å². The molecule has 1 aliphatic carbocycles. The highest BCUT2D eigenvalue weighted by Gasteiger charge is 2.34. The van der Waals surface area contributed by atoms with E-state index in [0.29, 0.717) is 11.4 Å². The summed E-state index contributed by atoms with van der Waals surface area (Å²) in [6.45, 7) is 15.9. The Labute approximate surface area is 192 Å². The lowest BCUT2D eigenvalue weighted by Gasteiger charge is -2.52. The summed E-state index contributed by atoms with van der Waals surface area (Å²) >= 11 is 0. The molecule has 4 heteroatoms. The quantitative estimate of drug-likeness (QED) is 0.368. The predicted molar refractivity (Wildman–Crippen MR) is 131 cm³/mol. The average molecular weight is 433 g/mol. The van der Waals surface area contributed by atoms with Crippen LogP contribution in [0.5, 0.6) is 0 Å². The van der Waals surface area contributed by atoms with Gasteiger partial charge in [0.25, 0.3) is 0 Å². The van der Waals surface area contributed by atoms with Crippen LogP contribution in [-0.4, -0.2) is 20.6 Å². The van der Waals surface area contributed by atoms with Gasteiger partial charge in [0.15, 0.2) is 0 Å². The molecule has 32 heavy (non-hydrogen) atoms. The van der Waals surface area contributed by atoms with Crippen LogP contribution >= 0.6 is 0 Å². The van der Waals surface area contributed by atoms with Crippen molar-refractivity contribution in [3.05, 3.63) is 93.5 Å². The summed E-state index contributed by atoms with van der Waals surface area (Å²) in [7, 11) is 0. The van der Waals surface area contributed by atoms with Crippen LogP contribution in [0.2, 0.25) is 0 Å². The summed E-state index contributed by atoms with van der Waals surface area (Å²) in [5.74, 6) is 2.43. The second kappa shape index (κ2) is 8.23. The molecule has 4 nitrogen and oxygen atoms in total. The van der Waals surface area contributed by atoms with Crippen LogP contribution in [0.1, 0.15) is 72.9 Å². The van der Waals surface area contributed by atoms with Crippen LogP contribution in [-0.2, 0) is 0 Å². The molecule has 0 aromatic heterocycles. The molecular formula is C28H36N2O2. The molecule has 0 spiro atoms. The number of nitrogens with zero attached hydrogens (tertiary/aromatic N) is 2. The Morgan fingerprint density at radius 2 is 1.25 bits per heavy atom. The number of hydrogen-bond donors (Lipinski definition) is 0. The normalized spacial score (nSPS) is 16.2. The third-order valence-corrected chi connectivity index (χ3v) is 6.07. The van der Waals surface area contributed by atoms with E-state index in [1.165, 1.54) is 11.8 Å². The van der Waals surface area contributed by atoms with Crippen molar-refractivity contribution in [3.8, 4) is 0 Å². The van der Waals surface area contributed by atoms with Gasteiger partial charge in [-0.15, -0.1) is 29.7 Å². The topological polar surface area (TPSA) is 40.2 Å². The highest BCUT2D eigenvalue weighted by atomic mass is 16.3. The zero-order chi connectivity index (χ0) is 23.9. The molecule has 0 unspecified atom stereocenters. The number of rotatable bonds is 4. The van der Waals surface area contributed by atoms with Crippen molar-refractivity contribution in [2.75, 3.05) is 0 Å². The SMILES string of the molecule is CC1(C)[C-](c2cccc([N+](=O)C(C)(C)C)c2)C=CC[C-]1c1cccc([N+](=O)C(C)(C)C)c1. The van der Waals surface area contributed by atoms with Crippen LogP contribution in [0.15, 0.2) is 60.7 Å². The summed E-state index contributed by atoms with van der Waals surface area (Å²) in [5, 5.41) is 0. The fourth-order valence-electron chi connectivity index (χ4n) is 4.25. The van der Waals surface area contributed by atoms with Crippen molar-refractivity contribution in [1.82, 2.24) is 0 Å². The lowest BCUT2D eigenvalue weighted by molar-refractivity contribution is -0.540. The maximum atomic E-state index is 12.8. The highest BCUT2D eigenvalue weighted by molar-refractivity contribution is 5.55. The van der Waals surface area contributed by atoms with Gasteiger partial charge in [0, 0.05) is 60.9 Å². The molecule has 3 rings (SSSR count). The smallest absolute Gasteiger partial charge is 0.183 e. The van der Waals surface area contributed by atoms with Gasteiger partial charge in [0.2, 0.25) is 22.5 Å². The van der Waals surface area contributed by atoms with Crippen molar-refractivity contribution in [2.24, 2.45) is 5.41 Å².